The molecule has 0 aliphatic heterocycles. The van der Waals surface area contributed by atoms with Gasteiger partial charge in [-0.15, -0.1) is 0 Å². The molecule has 7 heteroatoms. The number of fused-ring (bicyclic) bond motifs is 1. The van der Waals surface area contributed by atoms with Crippen LogP contribution in [0.15, 0.2) is 47.3 Å². The molecular weight excluding hydrogens is 310 g/mol. The summed E-state index contributed by atoms with van der Waals surface area (Å²) in [6, 6.07) is 11.5. The van der Waals surface area contributed by atoms with E-state index in [4.69, 9.17) is 4.74 Å². The van der Waals surface area contributed by atoms with Crippen molar-refractivity contribution in [1.82, 2.24) is 15.3 Å². The summed E-state index contributed by atoms with van der Waals surface area (Å²) in [5.41, 5.74) is 0.710. The van der Waals surface area contributed by atoms with Crippen molar-refractivity contribution in [3.8, 4) is 11.5 Å². The highest BCUT2D eigenvalue weighted by atomic mass is 16.5. The summed E-state index contributed by atoms with van der Waals surface area (Å²) in [5, 5.41) is 12.3. The Bertz CT molecular complexity index is 965. The first-order chi connectivity index (χ1) is 11.6. The number of ether oxygens (including phenoxy) is 1. The second-order valence-corrected chi connectivity index (χ2v) is 5.15. The van der Waals surface area contributed by atoms with Crippen LogP contribution in [0.2, 0.25) is 0 Å². The molecule has 3 aromatic rings. The zero-order valence-electron chi connectivity index (χ0n) is 12.9. The van der Waals surface area contributed by atoms with Crippen LogP contribution < -0.4 is 15.6 Å². The van der Waals surface area contributed by atoms with Crippen molar-refractivity contribution in [3.05, 3.63) is 64.2 Å². The summed E-state index contributed by atoms with van der Waals surface area (Å²) in [4.78, 5) is 30.8. The molecule has 0 radical (unpaired) electrons. The van der Waals surface area contributed by atoms with Gasteiger partial charge in [0.05, 0.1) is 18.0 Å². The lowest BCUT2D eigenvalue weighted by atomic mass is 10.2. The summed E-state index contributed by atoms with van der Waals surface area (Å²) < 4.78 is 5.13. The molecular formula is C17H15N3O4. The van der Waals surface area contributed by atoms with E-state index < -0.39 is 11.5 Å². The molecule has 7 nitrogen and oxygen atoms in total. The third kappa shape index (κ3) is 3.19. The van der Waals surface area contributed by atoms with E-state index in [1.165, 1.54) is 18.2 Å². The number of carbonyl (C=O) groups excluding carboxylic acids is 1. The molecule has 1 heterocycles. The Morgan fingerprint density at radius 3 is 2.92 bits per heavy atom. The first-order valence-corrected chi connectivity index (χ1v) is 7.21. The van der Waals surface area contributed by atoms with Gasteiger partial charge in [0.2, 0.25) is 0 Å². The van der Waals surface area contributed by atoms with Crippen LogP contribution in [-0.4, -0.2) is 28.1 Å². The van der Waals surface area contributed by atoms with Crippen LogP contribution in [0.3, 0.4) is 0 Å². The van der Waals surface area contributed by atoms with Crippen molar-refractivity contribution in [3.63, 3.8) is 0 Å². The SMILES string of the molecule is COc1cccc(CNC(=O)c2nc3ccc(O)cc3c(=O)[nH]2)c1. The Morgan fingerprint density at radius 2 is 2.12 bits per heavy atom. The van der Waals surface area contributed by atoms with Crippen LogP contribution in [0.4, 0.5) is 0 Å². The minimum atomic E-state index is -0.495. The monoisotopic (exact) mass is 325 g/mol. The number of aromatic hydroxyl groups is 1. The minimum Gasteiger partial charge on any atom is -0.508 e. The van der Waals surface area contributed by atoms with Crippen molar-refractivity contribution >= 4 is 16.8 Å². The average Bonchev–Trinajstić information content (AvgIpc) is 2.60. The highest BCUT2D eigenvalue weighted by Crippen LogP contribution is 2.15. The van der Waals surface area contributed by atoms with Crippen molar-refractivity contribution in [2.75, 3.05) is 7.11 Å². The second-order valence-electron chi connectivity index (χ2n) is 5.15. The molecule has 0 saturated heterocycles. The molecule has 0 atom stereocenters. The fourth-order valence-electron chi connectivity index (χ4n) is 2.28. The molecule has 0 bridgehead atoms. The number of nitrogens with one attached hydrogen (secondary N) is 2. The summed E-state index contributed by atoms with van der Waals surface area (Å²) in [7, 11) is 1.57. The van der Waals surface area contributed by atoms with Gasteiger partial charge < -0.3 is 20.1 Å². The molecule has 0 aliphatic carbocycles. The van der Waals surface area contributed by atoms with Gasteiger partial charge in [-0.2, -0.15) is 0 Å². The first kappa shape index (κ1) is 15.5. The Morgan fingerprint density at radius 1 is 1.29 bits per heavy atom. The van der Waals surface area contributed by atoms with E-state index in [-0.39, 0.29) is 23.5 Å². The number of aromatic amines is 1. The van der Waals surface area contributed by atoms with Gasteiger partial charge in [0.1, 0.15) is 11.5 Å². The molecule has 0 saturated carbocycles. The summed E-state index contributed by atoms with van der Waals surface area (Å²) in [6.07, 6.45) is 0. The van der Waals surface area contributed by atoms with Crippen molar-refractivity contribution in [1.29, 1.82) is 0 Å². The number of carbonyl (C=O) groups is 1. The zero-order valence-corrected chi connectivity index (χ0v) is 12.9. The number of hydrogen-bond acceptors (Lipinski definition) is 5. The van der Waals surface area contributed by atoms with Gasteiger partial charge in [-0.25, -0.2) is 4.98 Å². The number of H-pyrrole nitrogens is 1. The standard InChI is InChI=1S/C17H15N3O4/c1-24-12-4-2-3-10(7-12)9-18-17(23)15-19-14-6-5-11(21)8-13(14)16(22)20-15/h2-8,21H,9H2,1H3,(H,18,23)(H,19,20,22). The molecule has 0 aliphatic rings. The van der Waals surface area contributed by atoms with Crippen LogP contribution in [0.1, 0.15) is 16.2 Å². The van der Waals surface area contributed by atoms with Crippen LogP contribution in [0, 0.1) is 0 Å². The van der Waals surface area contributed by atoms with Crippen LogP contribution in [0.25, 0.3) is 10.9 Å². The summed E-state index contributed by atoms with van der Waals surface area (Å²) in [6.45, 7) is 0.271. The molecule has 2 aromatic carbocycles. The van der Waals surface area contributed by atoms with Gasteiger partial charge in [-0.1, -0.05) is 12.1 Å². The van der Waals surface area contributed by atoms with Gasteiger partial charge in [0, 0.05) is 6.54 Å². The van der Waals surface area contributed by atoms with Crippen molar-refractivity contribution in [2.24, 2.45) is 0 Å². The number of hydrogen-bond donors (Lipinski definition) is 3. The lowest BCUT2D eigenvalue weighted by Crippen LogP contribution is -2.27. The topological polar surface area (TPSA) is 104 Å². The fourth-order valence-corrected chi connectivity index (χ4v) is 2.28. The van der Waals surface area contributed by atoms with Crippen LogP contribution >= 0.6 is 0 Å². The minimum absolute atomic E-state index is 0.0370. The second kappa shape index (κ2) is 6.41. The third-order valence-corrected chi connectivity index (χ3v) is 3.49. The molecule has 24 heavy (non-hydrogen) atoms. The highest BCUT2D eigenvalue weighted by molar-refractivity contribution is 5.92. The Hall–Kier alpha value is -3.35. The fraction of sp³-hybridized carbons (Fsp3) is 0.118. The number of rotatable bonds is 4. The van der Waals surface area contributed by atoms with Gasteiger partial charge in [0.15, 0.2) is 5.82 Å². The molecule has 3 rings (SSSR count). The Labute approximate surface area is 136 Å². The van der Waals surface area contributed by atoms with E-state index in [2.05, 4.69) is 15.3 Å². The van der Waals surface area contributed by atoms with Gasteiger partial charge in [-0.3, -0.25) is 9.59 Å². The molecule has 1 amide bonds. The molecule has 0 unspecified atom stereocenters. The first-order valence-electron chi connectivity index (χ1n) is 7.21. The normalized spacial score (nSPS) is 10.5. The van der Waals surface area contributed by atoms with Crippen molar-refractivity contribution < 1.29 is 14.6 Å². The van der Waals surface area contributed by atoms with E-state index in [0.717, 1.165) is 5.56 Å². The molecule has 1 aromatic heterocycles. The summed E-state index contributed by atoms with van der Waals surface area (Å²) >= 11 is 0. The predicted octanol–water partition coefficient (Wildman–Crippen LogP) is 1.57. The van der Waals surface area contributed by atoms with E-state index in [1.807, 2.05) is 18.2 Å². The van der Waals surface area contributed by atoms with Crippen molar-refractivity contribution in [2.45, 2.75) is 6.54 Å². The number of amides is 1. The average molecular weight is 325 g/mol. The number of nitrogens with zero attached hydrogens (tertiary/aromatic N) is 1. The zero-order chi connectivity index (χ0) is 17.1. The molecule has 3 N–H and O–H groups in total. The predicted molar refractivity (Wildman–Crippen MR) is 88.2 cm³/mol. The van der Waals surface area contributed by atoms with Crippen LogP contribution in [0.5, 0.6) is 11.5 Å². The maximum absolute atomic E-state index is 12.2. The largest absolute Gasteiger partial charge is 0.508 e. The van der Waals surface area contributed by atoms with Gasteiger partial charge in [-0.05, 0) is 35.9 Å². The lowest BCUT2D eigenvalue weighted by Gasteiger charge is -2.07. The highest BCUT2D eigenvalue weighted by Gasteiger charge is 2.11. The lowest BCUT2D eigenvalue weighted by molar-refractivity contribution is 0.0940. The smallest absolute Gasteiger partial charge is 0.287 e. The molecule has 122 valence electrons. The number of methoxy groups -OCH3 is 1. The maximum Gasteiger partial charge on any atom is 0.287 e. The van der Waals surface area contributed by atoms with Gasteiger partial charge in [0.25, 0.3) is 11.5 Å². The quantitative estimate of drug-likeness (QED) is 0.675. The number of aromatic nitrogens is 2. The van der Waals surface area contributed by atoms with E-state index in [9.17, 15) is 14.7 Å². The number of benzene rings is 2. The van der Waals surface area contributed by atoms with E-state index >= 15 is 0 Å². The van der Waals surface area contributed by atoms with E-state index in [1.54, 1.807) is 13.2 Å². The molecule has 0 spiro atoms. The number of phenols is 1. The number of phenolic OH excluding ortho intramolecular Hbond substituents is 1. The van der Waals surface area contributed by atoms with E-state index in [0.29, 0.717) is 11.3 Å². The Kier molecular flexibility index (Phi) is 4.15. The van der Waals surface area contributed by atoms with Crippen LogP contribution in [-0.2, 0) is 6.54 Å². The summed E-state index contributed by atoms with van der Waals surface area (Å²) in [5.74, 6) is 0.0785. The Balaban J connectivity index is 1.81. The van der Waals surface area contributed by atoms with Gasteiger partial charge >= 0.3 is 0 Å². The molecule has 0 fully saturated rings. The maximum atomic E-state index is 12.2. The third-order valence-electron chi connectivity index (χ3n) is 3.49.